The molecule has 1 aromatic heterocycles. The van der Waals surface area contributed by atoms with Gasteiger partial charge in [0.2, 0.25) is 0 Å². The third-order valence-electron chi connectivity index (χ3n) is 7.54. The van der Waals surface area contributed by atoms with Gasteiger partial charge in [0, 0.05) is 65.0 Å². The van der Waals surface area contributed by atoms with Crippen LogP contribution < -0.4 is 16.4 Å². The molecule has 0 spiro atoms. The first-order valence-corrected chi connectivity index (χ1v) is 13.4. The van der Waals surface area contributed by atoms with E-state index in [0.717, 1.165) is 48.0 Å². The van der Waals surface area contributed by atoms with Crippen molar-refractivity contribution in [2.24, 2.45) is 5.73 Å². The Morgan fingerprint density at radius 2 is 1.95 bits per heavy atom. The molecule has 2 atom stereocenters. The minimum Gasteiger partial charge on any atom is -0.370 e. The zero-order chi connectivity index (χ0) is 26.2. The molecule has 3 aromatic rings. The molecule has 3 aliphatic rings. The first-order chi connectivity index (χ1) is 18.5. The van der Waals surface area contributed by atoms with E-state index >= 15 is 4.39 Å². The van der Waals surface area contributed by atoms with Crippen LogP contribution >= 0.6 is 11.6 Å². The molecule has 2 saturated heterocycles. The summed E-state index contributed by atoms with van der Waals surface area (Å²) in [5, 5.41) is 17.8. The quantitative estimate of drug-likeness (QED) is 0.206. The van der Waals surface area contributed by atoms with E-state index < -0.39 is 0 Å². The van der Waals surface area contributed by atoms with Gasteiger partial charge in [-0.15, -0.1) is 0 Å². The summed E-state index contributed by atoms with van der Waals surface area (Å²) < 4.78 is 16.4. The maximum absolute atomic E-state index is 16.4. The van der Waals surface area contributed by atoms with Gasteiger partial charge < -0.3 is 21.3 Å². The molecule has 2 unspecified atom stereocenters. The normalized spacial score (nSPS) is 20.4. The average molecular weight is 536 g/mol. The number of nitrogens with zero attached hydrogens (tertiary/aromatic N) is 3. The van der Waals surface area contributed by atoms with E-state index in [2.05, 4.69) is 20.5 Å². The predicted molar refractivity (Wildman–Crippen MR) is 148 cm³/mol. The standard InChI is InChI=1S/C28H31ClFN7O/c29-23-7-2-5-17-4-1-6-20(25(17)23)27-26(30)22-15-37(38-11-3-10-33-28(31)32)16-24(21(22)12-34-27)36-13-18-8-9-19(14-36)35-18/h1-2,4-7,12,16,18-19,35H,3,8-11,13-15H2,(H4,31,32,33). The summed E-state index contributed by atoms with van der Waals surface area (Å²) in [4.78, 5) is 13.1. The summed E-state index contributed by atoms with van der Waals surface area (Å²) in [5.74, 6) is -0.423. The second-order valence-electron chi connectivity index (χ2n) is 10.1. The lowest BCUT2D eigenvalue weighted by atomic mass is 9.96. The van der Waals surface area contributed by atoms with Crippen LogP contribution in [0, 0.1) is 11.2 Å². The maximum Gasteiger partial charge on any atom is 0.185 e. The van der Waals surface area contributed by atoms with Crippen LogP contribution in [-0.2, 0) is 11.4 Å². The Morgan fingerprint density at radius 1 is 1.18 bits per heavy atom. The van der Waals surface area contributed by atoms with Crippen LogP contribution in [0.1, 0.15) is 30.4 Å². The summed E-state index contributed by atoms with van der Waals surface area (Å²) in [6.45, 7) is 2.92. The number of nitrogens with one attached hydrogen (secondary N) is 3. The molecular formula is C28H31ClFN7O. The molecule has 38 heavy (non-hydrogen) atoms. The van der Waals surface area contributed by atoms with Crippen molar-refractivity contribution >= 4 is 34.0 Å². The number of hydroxylamine groups is 2. The minimum absolute atomic E-state index is 0.0666. The van der Waals surface area contributed by atoms with Crippen molar-refractivity contribution in [3.63, 3.8) is 0 Å². The Hall–Kier alpha value is -3.40. The van der Waals surface area contributed by atoms with Crippen molar-refractivity contribution < 1.29 is 9.23 Å². The second-order valence-corrected chi connectivity index (χ2v) is 10.5. The molecule has 0 amide bonds. The van der Waals surface area contributed by atoms with Gasteiger partial charge in [0.05, 0.1) is 25.0 Å². The van der Waals surface area contributed by atoms with E-state index in [1.165, 1.54) is 0 Å². The summed E-state index contributed by atoms with van der Waals surface area (Å²) in [6.07, 6.45) is 6.73. The number of hydrogen-bond acceptors (Lipinski definition) is 6. The highest BCUT2D eigenvalue weighted by Crippen LogP contribution is 2.39. The van der Waals surface area contributed by atoms with Crippen LogP contribution in [0.15, 0.2) is 48.8 Å². The Morgan fingerprint density at radius 3 is 2.71 bits per heavy atom. The van der Waals surface area contributed by atoms with Crippen molar-refractivity contribution in [3.8, 4) is 11.3 Å². The summed E-state index contributed by atoms with van der Waals surface area (Å²) in [7, 11) is 0. The molecule has 0 aliphatic carbocycles. The van der Waals surface area contributed by atoms with Gasteiger partial charge in [0.15, 0.2) is 11.8 Å². The molecule has 2 aromatic carbocycles. The van der Waals surface area contributed by atoms with Crippen molar-refractivity contribution in [1.82, 2.24) is 25.6 Å². The summed E-state index contributed by atoms with van der Waals surface area (Å²) in [6, 6.07) is 12.3. The molecule has 3 aliphatic heterocycles. The van der Waals surface area contributed by atoms with Crippen LogP contribution in [0.4, 0.5) is 4.39 Å². The van der Waals surface area contributed by atoms with E-state index in [-0.39, 0.29) is 24.0 Å². The van der Waals surface area contributed by atoms with Gasteiger partial charge in [0.25, 0.3) is 0 Å². The van der Waals surface area contributed by atoms with Crippen LogP contribution in [-0.4, -0.2) is 59.2 Å². The first kappa shape index (κ1) is 24.9. The molecule has 0 radical (unpaired) electrons. The van der Waals surface area contributed by atoms with Crippen molar-refractivity contribution in [2.45, 2.75) is 37.9 Å². The fraction of sp³-hybridized carbons (Fsp3) is 0.357. The molecule has 2 bridgehead atoms. The lowest BCUT2D eigenvalue weighted by Gasteiger charge is -2.39. The Kier molecular flexibility index (Phi) is 6.82. The number of rotatable bonds is 7. The number of aromatic nitrogens is 1. The second kappa shape index (κ2) is 10.4. The zero-order valence-electron chi connectivity index (χ0n) is 21.0. The van der Waals surface area contributed by atoms with Crippen LogP contribution in [0.25, 0.3) is 27.7 Å². The largest absolute Gasteiger partial charge is 0.370 e. The van der Waals surface area contributed by atoms with Crippen LogP contribution in [0.2, 0.25) is 5.02 Å². The molecule has 10 heteroatoms. The molecule has 5 N–H and O–H groups in total. The maximum atomic E-state index is 16.4. The third-order valence-corrected chi connectivity index (χ3v) is 7.85. The summed E-state index contributed by atoms with van der Waals surface area (Å²) in [5.41, 5.74) is 8.62. The Bertz CT molecular complexity index is 1400. The predicted octanol–water partition coefficient (Wildman–Crippen LogP) is 4.05. The monoisotopic (exact) mass is 535 g/mol. The first-order valence-electron chi connectivity index (χ1n) is 13.0. The summed E-state index contributed by atoms with van der Waals surface area (Å²) >= 11 is 6.56. The number of guanidine groups is 1. The number of halogens is 2. The van der Waals surface area contributed by atoms with E-state index in [0.29, 0.717) is 47.8 Å². The van der Waals surface area contributed by atoms with Gasteiger partial charge in [-0.25, -0.2) is 4.39 Å². The van der Waals surface area contributed by atoms with Crippen molar-refractivity contribution in [2.75, 3.05) is 26.2 Å². The van der Waals surface area contributed by atoms with E-state index in [1.54, 1.807) is 11.3 Å². The highest BCUT2D eigenvalue weighted by atomic mass is 35.5. The number of likely N-dealkylation sites (tertiary alicyclic amines) is 1. The highest BCUT2D eigenvalue weighted by Gasteiger charge is 2.36. The Balaban J connectivity index is 1.36. The number of piperazine rings is 1. The highest BCUT2D eigenvalue weighted by molar-refractivity contribution is 6.36. The molecule has 8 nitrogen and oxygen atoms in total. The average Bonchev–Trinajstić information content (AvgIpc) is 3.25. The van der Waals surface area contributed by atoms with Gasteiger partial charge in [-0.2, -0.15) is 0 Å². The van der Waals surface area contributed by atoms with Gasteiger partial charge >= 0.3 is 0 Å². The number of benzene rings is 2. The minimum atomic E-state index is -0.356. The molecule has 198 valence electrons. The van der Waals surface area contributed by atoms with Crippen molar-refractivity contribution in [3.05, 3.63) is 70.8 Å². The van der Waals surface area contributed by atoms with Gasteiger partial charge in [-0.05, 0) is 30.7 Å². The fourth-order valence-corrected chi connectivity index (χ4v) is 6.08. The van der Waals surface area contributed by atoms with Gasteiger partial charge in [-0.1, -0.05) is 41.9 Å². The van der Waals surface area contributed by atoms with E-state index in [4.69, 9.17) is 27.6 Å². The lowest BCUT2D eigenvalue weighted by molar-refractivity contribution is -0.129. The zero-order valence-corrected chi connectivity index (χ0v) is 21.8. The fourth-order valence-electron chi connectivity index (χ4n) is 5.79. The van der Waals surface area contributed by atoms with Crippen LogP contribution in [0.5, 0.6) is 0 Å². The SMILES string of the molecule is N=C(N)NCCCON1C=C(N2CC3CCC(C2)N3)c2cnc(-c3cccc4cccc(Cl)c34)c(F)c2C1. The number of pyridine rings is 1. The van der Waals surface area contributed by atoms with Gasteiger partial charge in [-0.3, -0.25) is 20.3 Å². The number of hydrogen-bond donors (Lipinski definition) is 4. The Labute approximate surface area is 226 Å². The smallest absolute Gasteiger partial charge is 0.185 e. The third kappa shape index (κ3) is 4.77. The molecule has 6 rings (SSSR count). The number of nitrogens with two attached hydrogens (primary N) is 1. The number of fused-ring (bicyclic) bond motifs is 4. The molecule has 0 saturated carbocycles. The van der Waals surface area contributed by atoms with Gasteiger partial charge in [0.1, 0.15) is 5.69 Å². The molecule has 2 fully saturated rings. The topological polar surface area (TPSA) is 103 Å². The van der Waals surface area contributed by atoms with Crippen molar-refractivity contribution in [1.29, 1.82) is 5.41 Å². The van der Waals surface area contributed by atoms with Crippen LogP contribution in [0.3, 0.4) is 0 Å². The van der Waals surface area contributed by atoms with E-state index in [1.807, 2.05) is 42.6 Å². The molecular weight excluding hydrogens is 505 g/mol. The molecule has 4 heterocycles. The van der Waals surface area contributed by atoms with E-state index in [9.17, 15) is 0 Å². The lowest BCUT2D eigenvalue weighted by Crippen LogP contribution is -2.50.